The van der Waals surface area contributed by atoms with Crippen molar-refractivity contribution in [3.05, 3.63) is 56.2 Å². The van der Waals surface area contributed by atoms with Gasteiger partial charge in [0.15, 0.2) is 0 Å². The Morgan fingerprint density at radius 2 is 1.80 bits per heavy atom. The number of carboxylic acid groups (broad SMARTS) is 1. The van der Waals surface area contributed by atoms with E-state index < -0.39 is 5.97 Å². The Morgan fingerprint density at radius 3 is 2.35 bits per heavy atom. The standard InChI is InChI=1S/C16H17BrO2S/c1-2-14-7-8-15(20-14)10-12(16(18)19)9-11-3-5-13(17)6-4-11/h3-8,12H,2,9-10H2,1H3,(H,18,19). The molecule has 106 valence electrons. The molecule has 0 bridgehead atoms. The van der Waals surface area contributed by atoms with Crippen molar-refractivity contribution in [2.24, 2.45) is 5.92 Å². The molecule has 1 heterocycles. The summed E-state index contributed by atoms with van der Waals surface area (Å²) in [6, 6.07) is 12.0. The van der Waals surface area contributed by atoms with Crippen LogP contribution >= 0.6 is 27.3 Å². The van der Waals surface area contributed by atoms with E-state index in [-0.39, 0.29) is 5.92 Å². The van der Waals surface area contributed by atoms with Gasteiger partial charge in [0.05, 0.1) is 5.92 Å². The van der Waals surface area contributed by atoms with E-state index in [2.05, 4.69) is 35.0 Å². The number of halogens is 1. The normalized spacial score (nSPS) is 12.3. The van der Waals surface area contributed by atoms with Crippen molar-refractivity contribution in [2.45, 2.75) is 26.2 Å². The van der Waals surface area contributed by atoms with Crippen LogP contribution in [0.15, 0.2) is 40.9 Å². The van der Waals surface area contributed by atoms with Crippen LogP contribution in [0.3, 0.4) is 0 Å². The minimum atomic E-state index is -0.723. The lowest BCUT2D eigenvalue weighted by Gasteiger charge is -2.11. The summed E-state index contributed by atoms with van der Waals surface area (Å²) < 4.78 is 1.01. The van der Waals surface area contributed by atoms with Crippen molar-refractivity contribution in [1.82, 2.24) is 0 Å². The monoisotopic (exact) mass is 352 g/mol. The van der Waals surface area contributed by atoms with Crippen molar-refractivity contribution in [3.63, 3.8) is 0 Å². The smallest absolute Gasteiger partial charge is 0.307 e. The number of aryl methyl sites for hydroxylation is 1. The molecule has 1 atom stereocenters. The van der Waals surface area contributed by atoms with Gasteiger partial charge in [0.25, 0.3) is 0 Å². The van der Waals surface area contributed by atoms with Gasteiger partial charge in [-0.15, -0.1) is 11.3 Å². The number of carbonyl (C=O) groups is 1. The van der Waals surface area contributed by atoms with Crippen molar-refractivity contribution in [3.8, 4) is 0 Å². The molecule has 0 radical (unpaired) electrons. The summed E-state index contributed by atoms with van der Waals surface area (Å²) in [7, 11) is 0. The third-order valence-electron chi connectivity index (χ3n) is 3.26. The minimum Gasteiger partial charge on any atom is -0.481 e. The van der Waals surface area contributed by atoms with Crippen LogP contribution in [-0.2, 0) is 24.1 Å². The first-order valence-electron chi connectivity index (χ1n) is 6.63. The van der Waals surface area contributed by atoms with E-state index in [9.17, 15) is 9.90 Å². The molecule has 1 unspecified atom stereocenters. The third-order valence-corrected chi connectivity index (χ3v) is 5.04. The van der Waals surface area contributed by atoms with Crippen LogP contribution < -0.4 is 0 Å². The van der Waals surface area contributed by atoms with E-state index in [0.29, 0.717) is 12.8 Å². The highest BCUT2D eigenvalue weighted by molar-refractivity contribution is 9.10. The van der Waals surface area contributed by atoms with Gasteiger partial charge in [0.1, 0.15) is 0 Å². The molecule has 0 spiro atoms. The SMILES string of the molecule is CCc1ccc(CC(Cc2ccc(Br)cc2)C(=O)O)s1. The summed E-state index contributed by atoms with van der Waals surface area (Å²) in [5.41, 5.74) is 1.06. The molecule has 0 amide bonds. The van der Waals surface area contributed by atoms with Gasteiger partial charge in [-0.2, -0.15) is 0 Å². The topological polar surface area (TPSA) is 37.3 Å². The maximum atomic E-state index is 11.4. The summed E-state index contributed by atoms with van der Waals surface area (Å²) in [5.74, 6) is -1.08. The zero-order valence-corrected chi connectivity index (χ0v) is 13.7. The molecule has 0 fully saturated rings. The van der Waals surface area contributed by atoms with E-state index in [1.807, 2.05) is 24.3 Å². The summed E-state index contributed by atoms with van der Waals surface area (Å²) in [6.45, 7) is 2.12. The molecule has 2 nitrogen and oxygen atoms in total. The van der Waals surface area contributed by atoms with Crippen LogP contribution in [0.4, 0.5) is 0 Å². The fourth-order valence-corrected chi connectivity index (χ4v) is 3.42. The Hall–Kier alpha value is -1.13. The molecule has 1 N–H and O–H groups in total. The summed E-state index contributed by atoms with van der Waals surface area (Å²) in [6.07, 6.45) is 2.19. The predicted molar refractivity (Wildman–Crippen MR) is 86.4 cm³/mol. The second kappa shape index (κ2) is 7.04. The van der Waals surface area contributed by atoms with Crippen molar-refractivity contribution in [2.75, 3.05) is 0 Å². The number of rotatable bonds is 6. The Kier molecular flexibility index (Phi) is 5.38. The largest absolute Gasteiger partial charge is 0.481 e. The lowest BCUT2D eigenvalue weighted by molar-refractivity contribution is -0.141. The summed E-state index contributed by atoms with van der Waals surface area (Å²) in [4.78, 5) is 13.9. The highest BCUT2D eigenvalue weighted by Gasteiger charge is 2.19. The molecule has 0 aliphatic carbocycles. The summed E-state index contributed by atoms with van der Waals surface area (Å²) in [5, 5.41) is 9.41. The average Bonchev–Trinajstić information content (AvgIpc) is 2.88. The molecule has 1 aromatic carbocycles. The molecule has 0 aliphatic heterocycles. The number of aliphatic carboxylic acids is 1. The van der Waals surface area contributed by atoms with E-state index in [1.54, 1.807) is 11.3 Å². The third kappa shape index (κ3) is 4.18. The van der Waals surface area contributed by atoms with Crippen LogP contribution in [0.2, 0.25) is 0 Å². The van der Waals surface area contributed by atoms with Gasteiger partial charge in [0.2, 0.25) is 0 Å². The van der Waals surface area contributed by atoms with Crippen LogP contribution in [0.1, 0.15) is 22.2 Å². The van der Waals surface area contributed by atoms with Crippen LogP contribution in [0.5, 0.6) is 0 Å². The number of benzene rings is 1. The van der Waals surface area contributed by atoms with Gasteiger partial charge < -0.3 is 5.11 Å². The predicted octanol–water partition coefficient (Wildman–Crippen LogP) is 4.56. The Balaban J connectivity index is 2.07. The van der Waals surface area contributed by atoms with Gasteiger partial charge in [-0.25, -0.2) is 0 Å². The van der Waals surface area contributed by atoms with Gasteiger partial charge in [-0.3, -0.25) is 4.79 Å². The van der Waals surface area contributed by atoms with E-state index in [4.69, 9.17) is 0 Å². The Bertz CT molecular complexity index is 574. The lowest BCUT2D eigenvalue weighted by Crippen LogP contribution is -2.18. The first kappa shape index (κ1) is 15.3. The van der Waals surface area contributed by atoms with Crippen LogP contribution in [-0.4, -0.2) is 11.1 Å². The van der Waals surface area contributed by atoms with Crippen molar-refractivity contribution < 1.29 is 9.90 Å². The van der Waals surface area contributed by atoms with Crippen LogP contribution in [0.25, 0.3) is 0 Å². The van der Waals surface area contributed by atoms with Gasteiger partial charge in [-0.1, -0.05) is 35.0 Å². The summed E-state index contributed by atoms with van der Waals surface area (Å²) >= 11 is 5.11. The van der Waals surface area contributed by atoms with Crippen LogP contribution in [0, 0.1) is 5.92 Å². The molecule has 1 aromatic heterocycles. The fourth-order valence-electron chi connectivity index (χ4n) is 2.12. The molecular weight excluding hydrogens is 336 g/mol. The molecule has 2 rings (SSSR count). The van der Waals surface area contributed by atoms with E-state index in [1.165, 1.54) is 4.88 Å². The number of hydrogen-bond acceptors (Lipinski definition) is 2. The minimum absolute atomic E-state index is 0.362. The average molecular weight is 353 g/mol. The van der Waals surface area contributed by atoms with Gasteiger partial charge in [0, 0.05) is 14.2 Å². The number of hydrogen-bond donors (Lipinski definition) is 1. The van der Waals surface area contributed by atoms with E-state index in [0.717, 1.165) is 21.3 Å². The fraction of sp³-hybridized carbons (Fsp3) is 0.312. The Morgan fingerprint density at radius 1 is 1.15 bits per heavy atom. The molecule has 0 aliphatic rings. The molecule has 0 saturated heterocycles. The molecule has 20 heavy (non-hydrogen) atoms. The Labute approximate surface area is 131 Å². The van der Waals surface area contributed by atoms with Gasteiger partial charge in [-0.05, 0) is 49.1 Å². The number of thiophene rings is 1. The van der Waals surface area contributed by atoms with Crippen molar-refractivity contribution in [1.29, 1.82) is 0 Å². The zero-order chi connectivity index (χ0) is 14.5. The molecule has 0 saturated carbocycles. The van der Waals surface area contributed by atoms with Gasteiger partial charge >= 0.3 is 5.97 Å². The molecule has 2 aromatic rings. The van der Waals surface area contributed by atoms with Crippen molar-refractivity contribution >= 4 is 33.2 Å². The quantitative estimate of drug-likeness (QED) is 0.827. The second-order valence-electron chi connectivity index (χ2n) is 4.79. The molecular formula is C16H17BrO2S. The maximum Gasteiger partial charge on any atom is 0.307 e. The highest BCUT2D eigenvalue weighted by Crippen LogP contribution is 2.23. The zero-order valence-electron chi connectivity index (χ0n) is 11.3. The second-order valence-corrected chi connectivity index (χ2v) is 6.96. The number of carboxylic acids is 1. The maximum absolute atomic E-state index is 11.4. The molecule has 4 heteroatoms. The first-order chi connectivity index (χ1) is 9.58. The first-order valence-corrected chi connectivity index (χ1v) is 8.24. The highest BCUT2D eigenvalue weighted by atomic mass is 79.9. The van der Waals surface area contributed by atoms with E-state index >= 15 is 0 Å². The lowest BCUT2D eigenvalue weighted by atomic mass is 9.96.